The molecule has 0 atom stereocenters. The minimum Gasteiger partial charge on any atom is -0.350 e. The lowest BCUT2D eigenvalue weighted by molar-refractivity contribution is 0.0937. The Morgan fingerprint density at radius 1 is 1.17 bits per heavy atom. The fourth-order valence-electron chi connectivity index (χ4n) is 4.02. The van der Waals surface area contributed by atoms with E-state index in [2.05, 4.69) is 20.4 Å². The van der Waals surface area contributed by atoms with Crippen molar-refractivity contribution in [3.63, 3.8) is 0 Å². The molecule has 7 nitrogen and oxygen atoms in total. The van der Waals surface area contributed by atoms with Gasteiger partial charge in [-0.05, 0) is 56.7 Å². The van der Waals surface area contributed by atoms with Gasteiger partial charge in [0.05, 0.1) is 11.4 Å². The molecule has 1 aliphatic carbocycles. The first kappa shape index (κ1) is 19.2. The molecule has 0 saturated heterocycles. The molecule has 1 aliphatic rings. The molecular weight excluding hydrogens is 364 g/mol. The van der Waals surface area contributed by atoms with Crippen LogP contribution < -0.4 is 5.32 Å². The third kappa shape index (κ3) is 4.50. The van der Waals surface area contributed by atoms with Gasteiger partial charge in [0.15, 0.2) is 0 Å². The van der Waals surface area contributed by atoms with Crippen molar-refractivity contribution >= 4 is 5.91 Å². The standard InChI is InChI=1S/C22H26N6O/c1-15-24-14-18(19-5-3-4-11-23-19)21(26-15)17-8-6-16(7-9-17)13-25-22(29)20-10-12-28(2)27-20/h3-5,10-12,14,16-17H,6-9,13H2,1-2H3,(H,25,29). The van der Waals surface area contributed by atoms with Crippen LogP contribution in [0.5, 0.6) is 0 Å². The maximum absolute atomic E-state index is 12.2. The Hall–Kier alpha value is -3.09. The van der Waals surface area contributed by atoms with Crippen LogP contribution in [0.4, 0.5) is 0 Å². The number of rotatable bonds is 5. The highest BCUT2D eigenvalue weighted by Gasteiger charge is 2.26. The second-order valence-corrected chi connectivity index (χ2v) is 7.73. The molecule has 3 aromatic rings. The second-order valence-electron chi connectivity index (χ2n) is 7.73. The van der Waals surface area contributed by atoms with Gasteiger partial charge in [0.1, 0.15) is 11.5 Å². The first-order chi connectivity index (χ1) is 14.1. The average Bonchev–Trinajstić information content (AvgIpc) is 3.19. The number of carbonyl (C=O) groups excluding carboxylic acids is 1. The Labute approximate surface area is 170 Å². The summed E-state index contributed by atoms with van der Waals surface area (Å²) in [6, 6.07) is 7.66. The quantitative estimate of drug-likeness (QED) is 0.722. The summed E-state index contributed by atoms with van der Waals surface area (Å²) in [7, 11) is 1.81. The van der Waals surface area contributed by atoms with Crippen LogP contribution in [0.3, 0.4) is 0 Å². The molecule has 0 aromatic carbocycles. The van der Waals surface area contributed by atoms with E-state index in [1.54, 1.807) is 23.1 Å². The van der Waals surface area contributed by atoms with E-state index in [4.69, 9.17) is 4.98 Å². The summed E-state index contributed by atoms with van der Waals surface area (Å²) in [4.78, 5) is 25.9. The maximum atomic E-state index is 12.2. The van der Waals surface area contributed by atoms with Crippen molar-refractivity contribution in [1.82, 2.24) is 30.0 Å². The van der Waals surface area contributed by atoms with Gasteiger partial charge in [0.2, 0.25) is 0 Å². The summed E-state index contributed by atoms with van der Waals surface area (Å²) in [6.45, 7) is 2.63. The molecule has 1 fully saturated rings. The molecule has 0 aliphatic heterocycles. The minimum atomic E-state index is -0.100. The number of nitrogens with zero attached hydrogens (tertiary/aromatic N) is 5. The van der Waals surface area contributed by atoms with Crippen molar-refractivity contribution in [1.29, 1.82) is 0 Å². The topological polar surface area (TPSA) is 85.6 Å². The highest BCUT2D eigenvalue weighted by Crippen LogP contribution is 2.38. The van der Waals surface area contributed by atoms with E-state index in [1.807, 2.05) is 38.4 Å². The zero-order chi connectivity index (χ0) is 20.2. The van der Waals surface area contributed by atoms with E-state index < -0.39 is 0 Å². The molecule has 150 valence electrons. The number of nitrogens with one attached hydrogen (secondary N) is 1. The molecule has 0 unspecified atom stereocenters. The van der Waals surface area contributed by atoms with Gasteiger partial charge in [-0.2, -0.15) is 5.10 Å². The number of hydrogen-bond donors (Lipinski definition) is 1. The number of pyridine rings is 1. The van der Waals surface area contributed by atoms with Crippen molar-refractivity contribution in [2.24, 2.45) is 13.0 Å². The van der Waals surface area contributed by atoms with Crippen LogP contribution in [0.2, 0.25) is 0 Å². The van der Waals surface area contributed by atoms with E-state index in [9.17, 15) is 4.79 Å². The molecule has 3 heterocycles. The Balaban J connectivity index is 1.39. The average molecular weight is 390 g/mol. The number of aromatic nitrogens is 5. The normalized spacial score (nSPS) is 19.1. The van der Waals surface area contributed by atoms with Crippen molar-refractivity contribution < 1.29 is 4.79 Å². The number of amides is 1. The van der Waals surface area contributed by atoms with E-state index in [1.165, 1.54) is 0 Å². The second kappa shape index (κ2) is 8.51. The summed E-state index contributed by atoms with van der Waals surface area (Å²) in [5.74, 6) is 1.58. The summed E-state index contributed by atoms with van der Waals surface area (Å²) >= 11 is 0. The van der Waals surface area contributed by atoms with Crippen LogP contribution in [-0.4, -0.2) is 37.2 Å². The monoisotopic (exact) mass is 390 g/mol. The lowest BCUT2D eigenvalue weighted by Gasteiger charge is -2.29. The highest BCUT2D eigenvalue weighted by atomic mass is 16.1. The van der Waals surface area contributed by atoms with Gasteiger partial charge in [0, 0.05) is 43.7 Å². The largest absolute Gasteiger partial charge is 0.350 e. The molecular formula is C22H26N6O. The van der Waals surface area contributed by atoms with Crippen LogP contribution in [0.15, 0.2) is 42.9 Å². The van der Waals surface area contributed by atoms with Crippen LogP contribution in [0.25, 0.3) is 11.3 Å². The van der Waals surface area contributed by atoms with Crippen molar-refractivity contribution in [2.75, 3.05) is 6.54 Å². The molecule has 29 heavy (non-hydrogen) atoms. The third-order valence-electron chi connectivity index (χ3n) is 5.61. The van der Waals surface area contributed by atoms with Gasteiger partial charge in [-0.25, -0.2) is 9.97 Å². The molecule has 4 rings (SSSR count). The molecule has 3 aromatic heterocycles. The van der Waals surface area contributed by atoms with Crippen molar-refractivity contribution in [3.8, 4) is 11.3 Å². The SMILES string of the molecule is Cc1ncc(-c2ccccn2)c(C2CCC(CNC(=O)c3ccn(C)n3)CC2)n1. The summed E-state index contributed by atoms with van der Waals surface area (Å²) in [5, 5.41) is 7.19. The molecule has 1 saturated carbocycles. The van der Waals surface area contributed by atoms with Gasteiger partial charge in [-0.1, -0.05) is 6.07 Å². The summed E-state index contributed by atoms with van der Waals surface area (Å²) < 4.78 is 1.64. The Kier molecular flexibility index (Phi) is 5.64. The summed E-state index contributed by atoms with van der Waals surface area (Å²) in [6.07, 6.45) is 9.74. The Morgan fingerprint density at radius 2 is 2.00 bits per heavy atom. The Bertz CT molecular complexity index is 976. The predicted molar refractivity (Wildman–Crippen MR) is 110 cm³/mol. The number of hydrogen-bond acceptors (Lipinski definition) is 5. The minimum absolute atomic E-state index is 0.100. The lowest BCUT2D eigenvalue weighted by atomic mass is 9.79. The van der Waals surface area contributed by atoms with Crippen LogP contribution >= 0.6 is 0 Å². The highest BCUT2D eigenvalue weighted by molar-refractivity contribution is 5.92. The van der Waals surface area contributed by atoms with Gasteiger partial charge in [0.25, 0.3) is 5.91 Å². The number of carbonyl (C=O) groups is 1. The fraction of sp³-hybridized carbons (Fsp3) is 0.409. The predicted octanol–water partition coefficient (Wildman–Crippen LogP) is 3.28. The molecule has 1 amide bonds. The van der Waals surface area contributed by atoms with E-state index in [-0.39, 0.29) is 5.91 Å². The van der Waals surface area contributed by atoms with E-state index in [0.29, 0.717) is 24.1 Å². The zero-order valence-electron chi connectivity index (χ0n) is 16.9. The molecule has 0 radical (unpaired) electrons. The van der Waals surface area contributed by atoms with Gasteiger partial charge < -0.3 is 5.32 Å². The maximum Gasteiger partial charge on any atom is 0.271 e. The first-order valence-corrected chi connectivity index (χ1v) is 10.1. The van der Waals surface area contributed by atoms with Crippen molar-refractivity contribution in [3.05, 3.63) is 60.1 Å². The summed E-state index contributed by atoms with van der Waals surface area (Å²) in [5.41, 5.74) is 3.53. The zero-order valence-corrected chi connectivity index (χ0v) is 16.9. The van der Waals surface area contributed by atoms with Gasteiger partial charge in [-0.15, -0.1) is 0 Å². The van der Waals surface area contributed by atoms with Crippen LogP contribution in [0.1, 0.15) is 53.6 Å². The molecule has 0 bridgehead atoms. The molecule has 1 N–H and O–H groups in total. The molecule has 7 heteroatoms. The molecule has 0 spiro atoms. The third-order valence-corrected chi connectivity index (χ3v) is 5.61. The lowest BCUT2D eigenvalue weighted by Crippen LogP contribution is -2.31. The fourth-order valence-corrected chi connectivity index (χ4v) is 4.02. The first-order valence-electron chi connectivity index (χ1n) is 10.1. The Morgan fingerprint density at radius 3 is 2.69 bits per heavy atom. The van der Waals surface area contributed by atoms with Crippen molar-refractivity contribution in [2.45, 2.75) is 38.5 Å². The smallest absolute Gasteiger partial charge is 0.271 e. The number of aryl methyl sites for hydroxylation is 2. The van der Waals surface area contributed by atoms with Crippen LogP contribution in [-0.2, 0) is 7.05 Å². The van der Waals surface area contributed by atoms with E-state index in [0.717, 1.165) is 48.5 Å². The van der Waals surface area contributed by atoms with Gasteiger partial charge in [-0.3, -0.25) is 14.5 Å². The van der Waals surface area contributed by atoms with Crippen LogP contribution in [0, 0.1) is 12.8 Å². The van der Waals surface area contributed by atoms with E-state index >= 15 is 0 Å². The van der Waals surface area contributed by atoms with Gasteiger partial charge >= 0.3 is 0 Å².